The molecule has 0 saturated carbocycles. The van der Waals surface area contributed by atoms with Crippen molar-refractivity contribution in [3.8, 4) is 0 Å². The molecule has 3 aromatic rings. The second-order valence-electron chi connectivity index (χ2n) is 5.41. The van der Waals surface area contributed by atoms with Crippen molar-refractivity contribution in [2.24, 2.45) is 0 Å². The van der Waals surface area contributed by atoms with Crippen LogP contribution in [0.1, 0.15) is 30.0 Å². The Morgan fingerprint density at radius 2 is 2.18 bits per heavy atom. The molecule has 0 amide bonds. The summed E-state index contributed by atoms with van der Waals surface area (Å²) in [6.07, 6.45) is 1.66. The number of rotatable bonds is 2. The minimum absolute atomic E-state index is 0.484. The zero-order valence-corrected chi connectivity index (χ0v) is 12.2. The van der Waals surface area contributed by atoms with Crippen LogP contribution in [-0.4, -0.2) is 26.6 Å². The first kappa shape index (κ1) is 13.2. The average molecular weight is 296 g/mol. The molecule has 1 aliphatic heterocycles. The molecule has 112 valence electrons. The van der Waals surface area contributed by atoms with E-state index in [1.165, 1.54) is 6.33 Å². The van der Waals surface area contributed by atoms with Gasteiger partial charge < -0.3 is 14.4 Å². The Morgan fingerprint density at radius 1 is 1.32 bits per heavy atom. The van der Waals surface area contributed by atoms with E-state index in [9.17, 15) is 5.11 Å². The van der Waals surface area contributed by atoms with Gasteiger partial charge >= 0.3 is 0 Å². The fourth-order valence-electron chi connectivity index (χ4n) is 2.91. The Hall–Kier alpha value is -2.47. The molecule has 0 radical (unpaired) electrons. The van der Waals surface area contributed by atoms with Crippen molar-refractivity contribution in [2.75, 3.05) is 11.4 Å². The summed E-state index contributed by atoms with van der Waals surface area (Å²) in [7, 11) is 0. The van der Waals surface area contributed by atoms with Gasteiger partial charge in [0, 0.05) is 19.5 Å². The number of nitrogens with zero attached hydrogens (tertiary/aromatic N) is 4. The third-order valence-electron chi connectivity index (χ3n) is 3.99. The highest BCUT2D eigenvalue weighted by molar-refractivity contribution is 5.81. The van der Waals surface area contributed by atoms with Crippen LogP contribution < -0.4 is 4.90 Å². The van der Waals surface area contributed by atoms with Crippen LogP contribution in [0.3, 0.4) is 0 Å². The number of oxazole rings is 1. The van der Waals surface area contributed by atoms with E-state index >= 15 is 0 Å². The van der Waals surface area contributed by atoms with Gasteiger partial charge in [0.05, 0.1) is 6.10 Å². The SMILES string of the molecule is CCc1nc2c(N3Cc4ccccc4[C@@H](O)C3)ncnc2o1. The minimum atomic E-state index is -0.535. The van der Waals surface area contributed by atoms with E-state index in [-0.39, 0.29) is 0 Å². The van der Waals surface area contributed by atoms with E-state index in [2.05, 4.69) is 15.0 Å². The van der Waals surface area contributed by atoms with Gasteiger partial charge in [-0.15, -0.1) is 0 Å². The molecule has 1 aromatic carbocycles. The first-order chi connectivity index (χ1) is 10.8. The number of hydrogen-bond donors (Lipinski definition) is 1. The maximum Gasteiger partial charge on any atom is 0.252 e. The van der Waals surface area contributed by atoms with Crippen molar-refractivity contribution in [1.82, 2.24) is 15.0 Å². The Labute approximate surface area is 127 Å². The standard InChI is InChI=1S/C16H16N4O2/c1-2-13-19-14-15(17-9-18-16(14)22-13)20-7-10-5-3-4-6-11(10)12(21)8-20/h3-6,9,12,21H,2,7-8H2,1H3/t12-/m0/s1. The van der Waals surface area contributed by atoms with Gasteiger partial charge in [0.15, 0.2) is 17.2 Å². The largest absolute Gasteiger partial charge is 0.422 e. The van der Waals surface area contributed by atoms with E-state index in [1.807, 2.05) is 36.1 Å². The highest BCUT2D eigenvalue weighted by Crippen LogP contribution is 2.31. The number of aromatic nitrogens is 3. The van der Waals surface area contributed by atoms with Crippen molar-refractivity contribution in [3.05, 3.63) is 47.6 Å². The van der Waals surface area contributed by atoms with Gasteiger partial charge in [0.25, 0.3) is 5.71 Å². The molecule has 0 bridgehead atoms. The maximum atomic E-state index is 10.4. The van der Waals surface area contributed by atoms with E-state index < -0.39 is 6.10 Å². The Balaban J connectivity index is 1.78. The summed E-state index contributed by atoms with van der Waals surface area (Å²) >= 11 is 0. The van der Waals surface area contributed by atoms with Crippen LogP contribution in [0.4, 0.5) is 5.82 Å². The van der Waals surface area contributed by atoms with Crippen molar-refractivity contribution >= 4 is 17.0 Å². The van der Waals surface area contributed by atoms with E-state index in [4.69, 9.17) is 4.42 Å². The fraction of sp³-hybridized carbons (Fsp3) is 0.312. The molecule has 3 heterocycles. The van der Waals surface area contributed by atoms with E-state index in [0.717, 1.165) is 11.1 Å². The van der Waals surface area contributed by atoms with Crippen LogP contribution in [0.15, 0.2) is 35.0 Å². The Bertz CT molecular complexity index is 830. The lowest BCUT2D eigenvalue weighted by Crippen LogP contribution is -2.34. The molecule has 1 aliphatic rings. The number of fused-ring (bicyclic) bond motifs is 2. The minimum Gasteiger partial charge on any atom is -0.422 e. The molecule has 0 aliphatic carbocycles. The number of anilines is 1. The molecule has 6 nitrogen and oxygen atoms in total. The van der Waals surface area contributed by atoms with Crippen LogP contribution in [0.5, 0.6) is 0 Å². The first-order valence-corrected chi connectivity index (χ1v) is 7.37. The Kier molecular flexibility index (Phi) is 3.04. The van der Waals surface area contributed by atoms with Crippen molar-refractivity contribution in [3.63, 3.8) is 0 Å². The molecule has 0 fully saturated rings. The van der Waals surface area contributed by atoms with Crippen LogP contribution in [0.25, 0.3) is 11.2 Å². The monoisotopic (exact) mass is 296 g/mol. The smallest absolute Gasteiger partial charge is 0.252 e. The zero-order chi connectivity index (χ0) is 15.1. The summed E-state index contributed by atoms with van der Waals surface area (Å²) < 4.78 is 5.59. The quantitative estimate of drug-likeness (QED) is 0.781. The van der Waals surface area contributed by atoms with Crippen molar-refractivity contribution in [2.45, 2.75) is 26.0 Å². The van der Waals surface area contributed by atoms with Crippen molar-refractivity contribution in [1.29, 1.82) is 0 Å². The predicted molar refractivity (Wildman–Crippen MR) is 81.4 cm³/mol. The van der Waals surface area contributed by atoms with E-state index in [0.29, 0.717) is 42.4 Å². The molecule has 1 atom stereocenters. The number of aliphatic hydroxyl groups excluding tert-OH is 1. The Morgan fingerprint density at radius 3 is 3.05 bits per heavy atom. The summed E-state index contributed by atoms with van der Waals surface area (Å²) in [5, 5.41) is 10.4. The lowest BCUT2D eigenvalue weighted by Gasteiger charge is -2.32. The van der Waals surface area contributed by atoms with Crippen LogP contribution >= 0.6 is 0 Å². The predicted octanol–water partition coefficient (Wildman–Crippen LogP) is 2.23. The number of aryl methyl sites for hydroxylation is 1. The summed E-state index contributed by atoms with van der Waals surface area (Å²) in [6.45, 7) is 3.16. The second-order valence-corrected chi connectivity index (χ2v) is 5.41. The summed E-state index contributed by atoms with van der Waals surface area (Å²) in [5.41, 5.74) is 3.24. The molecule has 1 N–H and O–H groups in total. The molecule has 2 aromatic heterocycles. The number of hydrogen-bond acceptors (Lipinski definition) is 6. The second kappa shape index (κ2) is 5.06. The summed E-state index contributed by atoms with van der Waals surface area (Å²) in [5.74, 6) is 1.36. The van der Waals surface area contributed by atoms with Crippen LogP contribution in [-0.2, 0) is 13.0 Å². The molecule has 22 heavy (non-hydrogen) atoms. The lowest BCUT2D eigenvalue weighted by atomic mass is 9.97. The maximum absolute atomic E-state index is 10.4. The molecule has 0 unspecified atom stereocenters. The number of β-amino-alcohol motifs (C(OH)–C–C–N with tert-alkyl or cyclic N) is 1. The third kappa shape index (κ3) is 2.03. The van der Waals surface area contributed by atoms with Gasteiger partial charge in [0.2, 0.25) is 0 Å². The zero-order valence-electron chi connectivity index (χ0n) is 12.2. The van der Waals surface area contributed by atoms with Crippen LogP contribution in [0.2, 0.25) is 0 Å². The molecule has 0 spiro atoms. The van der Waals surface area contributed by atoms with Gasteiger partial charge in [-0.1, -0.05) is 31.2 Å². The van der Waals surface area contributed by atoms with Gasteiger partial charge in [-0.05, 0) is 11.1 Å². The average Bonchev–Trinajstić information content (AvgIpc) is 2.98. The van der Waals surface area contributed by atoms with Gasteiger partial charge in [-0.2, -0.15) is 4.98 Å². The van der Waals surface area contributed by atoms with E-state index in [1.54, 1.807) is 0 Å². The van der Waals surface area contributed by atoms with Gasteiger partial charge in [-0.3, -0.25) is 0 Å². The highest BCUT2D eigenvalue weighted by Gasteiger charge is 2.26. The lowest BCUT2D eigenvalue weighted by molar-refractivity contribution is 0.175. The molecular weight excluding hydrogens is 280 g/mol. The topological polar surface area (TPSA) is 75.3 Å². The molecule has 0 saturated heterocycles. The molecule has 4 rings (SSSR count). The molecule has 6 heteroatoms. The molecular formula is C16H16N4O2. The third-order valence-corrected chi connectivity index (χ3v) is 3.99. The number of benzene rings is 1. The summed E-state index contributed by atoms with van der Waals surface area (Å²) in [4.78, 5) is 15.0. The van der Waals surface area contributed by atoms with Gasteiger partial charge in [-0.25, -0.2) is 9.97 Å². The normalized spacial score (nSPS) is 17.7. The van der Waals surface area contributed by atoms with Gasteiger partial charge in [0.1, 0.15) is 6.33 Å². The highest BCUT2D eigenvalue weighted by atomic mass is 16.4. The first-order valence-electron chi connectivity index (χ1n) is 7.37. The fourth-order valence-corrected chi connectivity index (χ4v) is 2.91. The summed E-state index contributed by atoms with van der Waals surface area (Å²) in [6, 6.07) is 7.93. The van der Waals surface area contributed by atoms with Crippen LogP contribution in [0, 0.1) is 0 Å². The number of aliphatic hydroxyl groups is 1. The van der Waals surface area contributed by atoms with Crippen molar-refractivity contribution < 1.29 is 9.52 Å².